The Hall–Kier alpha value is -2.83. The van der Waals surface area contributed by atoms with Crippen LogP contribution in [0.3, 0.4) is 0 Å². The molecule has 1 aromatic carbocycles. The number of nitrogens with zero attached hydrogens (tertiary/aromatic N) is 1. The van der Waals surface area contributed by atoms with Gasteiger partial charge in [0.15, 0.2) is 0 Å². The van der Waals surface area contributed by atoms with Gasteiger partial charge in [-0.3, -0.25) is 14.5 Å². The van der Waals surface area contributed by atoms with Gasteiger partial charge in [0.1, 0.15) is 11.3 Å². The van der Waals surface area contributed by atoms with Gasteiger partial charge in [0.05, 0.1) is 0 Å². The zero-order valence-corrected chi connectivity index (χ0v) is 13.9. The molecule has 10 heteroatoms. The number of ether oxygens (including phenoxy) is 1. The van der Waals surface area contributed by atoms with Crippen LogP contribution in [0.2, 0.25) is 0 Å². The van der Waals surface area contributed by atoms with E-state index in [-0.39, 0.29) is 5.69 Å². The maximum Gasteiger partial charge on any atom is 0.573 e. The summed E-state index contributed by atoms with van der Waals surface area (Å²) < 4.78 is 68.3. The quantitative estimate of drug-likeness (QED) is 0.635. The average Bonchev–Trinajstić information content (AvgIpc) is 2.55. The summed E-state index contributed by atoms with van der Waals surface area (Å²) in [6.07, 6.45) is -2.33. The number of terminal acetylenes is 1. The van der Waals surface area contributed by atoms with Crippen molar-refractivity contribution >= 4 is 17.5 Å². The summed E-state index contributed by atoms with van der Waals surface area (Å²) in [6.45, 7) is 0. The first-order valence-electron chi connectivity index (χ1n) is 7.75. The smallest absolute Gasteiger partial charge is 0.406 e. The number of carbonyl (C=O) groups excluding carboxylic acids is 2. The van der Waals surface area contributed by atoms with Crippen molar-refractivity contribution < 1.29 is 36.3 Å². The molecule has 0 unspecified atom stereocenters. The molecular weight excluding hydrogens is 375 g/mol. The highest BCUT2D eigenvalue weighted by molar-refractivity contribution is 6.11. The molecule has 0 aromatic heterocycles. The van der Waals surface area contributed by atoms with Crippen LogP contribution < -0.4 is 15.4 Å². The van der Waals surface area contributed by atoms with E-state index in [9.17, 15) is 31.5 Å². The molecule has 0 heterocycles. The first kappa shape index (κ1) is 20.5. The zero-order valence-electron chi connectivity index (χ0n) is 13.9. The van der Waals surface area contributed by atoms with Crippen molar-refractivity contribution in [2.45, 2.75) is 43.5 Å². The Bertz CT molecular complexity index is 776. The van der Waals surface area contributed by atoms with Crippen LogP contribution >= 0.6 is 0 Å². The molecule has 0 spiro atoms. The Kier molecular flexibility index (Phi) is 5.35. The number of rotatable bonds is 4. The third kappa shape index (κ3) is 4.48. The molecule has 1 aliphatic rings. The van der Waals surface area contributed by atoms with E-state index in [2.05, 4.69) is 4.74 Å². The van der Waals surface area contributed by atoms with E-state index in [0.29, 0.717) is 4.90 Å². The molecule has 0 aliphatic heterocycles. The minimum Gasteiger partial charge on any atom is -0.406 e. The molecule has 2 N–H and O–H groups in total. The molecule has 27 heavy (non-hydrogen) atoms. The molecule has 1 aliphatic carbocycles. The fourth-order valence-corrected chi connectivity index (χ4v) is 3.05. The van der Waals surface area contributed by atoms with E-state index < -0.39 is 61.1 Å². The van der Waals surface area contributed by atoms with Crippen molar-refractivity contribution in [2.24, 2.45) is 5.73 Å². The summed E-state index contributed by atoms with van der Waals surface area (Å²) in [4.78, 5) is 25.2. The molecule has 0 atom stereocenters. The van der Waals surface area contributed by atoms with E-state index in [0.717, 1.165) is 18.2 Å². The Morgan fingerprint density at radius 1 is 1.19 bits per heavy atom. The van der Waals surface area contributed by atoms with Crippen LogP contribution in [-0.2, 0) is 9.59 Å². The van der Waals surface area contributed by atoms with Crippen molar-refractivity contribution in [3.8, 4) is 18.1 Å². The van der Waals surface area contributed by atoms with Gasteiger partial charge in [-0.2, -0.15) is 0 Å². The van der Waals surface area contributed by atoms with Crippen molar-refractivity contribution in [1.82, 2.24) is 0 Å². The number of primary amides is 1. The summed E-state index contributed by atoms with van der Waals surface area (Å²) in [7, 11) is 0. The molecule has 1 saturated carbocycles. The topological polar surface area (TPSA) is 72.6 Å². The number of carbonyl (C=O) groups is 2. The normalized spacial score (nSPS) is 18.2. The third-order valence-corrected chi connectivity index (χ3v) is 4.33. The molecular formula is C17H15F5N2O3. The van der Waals surface area contributed by atoms with Crippen molar-refractivity contribution in [2.75, 3.05) is 4.90 Å². The molecule has 1 aromatic rings. The monoisotopic (exact) mass is 390 g/mol. The summed E-state index contributed by atoms with van der Waals surface area (Å²) >= 11 is 0. The molecule has 1 fully saturated rings. The molecule has 2 amide bonds. The van der Waals surface area contributed by atoms with Crippen molar-refractivity contribution in [3.63, 3.8) is 0 Å². The van der Waals surface area contributed by atoms with Gasteiger partial charge < -0.3 is 10.5 Å². The first-order chi connectivity index (χ1) is 12.4. The van der Waals surface area contributed by atoms with Crippen LogP contribution in [0, 0.1) is 12.3 Å². The molecule has 0 bridgehead atoms. The lowest BCUT2D eigenvalue weighted by Crippen LogP contribution is -2.62. The van der Waals surface area contributed by atoms with Gasteiger partial charge in [-0.25, -0.2) is 8.78 Å². The number of halogens is 5. The van der Waals surface area contributed by atoms with E-state index in [1.54, 1.807) is 5.92 Å². The summed E-state index contributed by atoms with van der Waals surface area (Å²) in [5.74, 6) is -4.14. The zero-order chi connectivity index (χ0) is 20.5. The Balaban J connectivity index is 2.52. The van der Waals surface area contributed by atoms with Crippen LogP contribution in [0.15, 0.2) is 24.3 Å². The van der Waals surface area contributed by atoms with Gasteiger partial charge in [-0.1, -0.05) is 6.07 Å². The first-order valence-corrected chi connectivity index (χ1v) is 7.75. The molecule has 2 rings (SSSR count). The third-order valence-electron chi connectivity index (χ3n) is 4.33. The highest BCUT2D eigenvalue weighted by atomic mass is 19.4. The van der Waals surface area contributed by atoms with E-state index in [1.165, 1.54) is 6.07 Å². The standard InChI is InChI=1S/C17H15F5N2O3/c1-2-13(25)24(11-4-3-5-12(10-11)27-17(20,21)22)15(14(23)26)6-8-16(18,19)9-7-15/h1,3-5,10H,6-9H2,(H2,23,26). The lowest BCUT2D eigenvalue weighted by atomic mass is 9.77. The van der Waals surface area contributed by atoms with Crippen molar-refractivity contribution in [3.05, 3.63) is 24.3 Å². The lowest BCUT2D eigenvalue weighted by Gasteiger charge is -2.44. The second-order valence-electron chi connectivity index (χ2n) is 6.08. The molecule has 0 saturated heterocycles. The molecule has 0 radical (unpaired) electrons. The maximum absolute atomic E-state index is 13.6. The van der Waals surface area contributed by atoms with Crippen LogP contribution in [-0.4, -0.2) is 29.6 Å². The SMILES string of the molecule is C#CC(=O)N(c1cccc(OC(F)(F)F)c1)C1(C(N)=O)CCC(F)(F)CC1. The van der Waals surface area contributed by atoms with Gasteiger partial charge in [0.25, 0.3) is 0 Å². The van der Waals surface area contributed by atoms with Crippen LogP contribution in [0.25, 0.3) is 0 Å². The lowest BCUT2D eigenvalue weighted by molar-refractivity contribution is -0.274. The number of hydrogen-bond donors (Lipinski definition) is 1. The fourth-order valence-electron chi connectivity index (χ4n) is 3.05. The largest absolute Gasteiger partial charge is 0.573 e. The van der Waals surface area contributed by atoms with Gasteiger partial charge >= 0.3 is 12.3 Å². The summed E-state index contributed by atoms with van der Waals surface area (Å²) in [5, 5.41) is 0. The van der Waals surface area contributed by atoms with Crippen LogP contribution in [0.4, 0.5) is 27.6 Å². The van der Waals surface area contributed by atoms with Gasteiger partial charge in [0.2, 0.25) is 11.8 Å². The average molecular weight is 390 g/mol. The Labute approximate surface area is 151 Å². The van der Waals surface area contributed by atoms with Crippen LogP contribution in [0.5, 0.6) is 5.75 Å². The predicted molar refractivity (Wildman–Crippen MR) is 84.8 cm³/mol. The highest BCUT2D eigenvalue weighted by Crippen LogP contribution is 2.43. The molecule has 146 valence electrons. The fraction of sp³-hybridized carbons (Fsp3) is 0.412. The number of alkyl halides is 5. The number of benzene rings is 1. The van der Waals surface area contributed by atoms with E-state index >= 15 is 0 Å². The highest BCUT2D eigenvalue weighted by Gasteiger charge is 2.52. The summed E-state index contributed by atoms with van der Waals surface area (Å²) in [6, 6.07) is 4.15. The van der Waals surface area contributed by atoms with Crippen LogP contribution in [0.1, 0.15) is 25.7 Å². The van der Waals surface area contributed by atoms with Gasteiger partial charge in [-0.05, 0) is 30.9 Å². The van der Waals surface area contributed by atoms with E-state index in [4.69, 9.17) is 12.2 Å². The van der Waals surface area contributed by atoms with Gasteiger partial charge in [-0.15, -0.1) is 19.6 Å². The Morgan fingerprint density at radius 2 is 1.78 bits per heavy atom. The number of nitrogens with two attached hydrogens (primary N) is 1. The summed E-state index contributed by atoms with van der Waals surface area (Å²) in [5.41, 5.74) is 3.30. The minimum atomic E-state index is -4.99. The number of anilines is 1. The van der Waals surface area contributed by atoms with Crippen molar-refractivity contribution in [1.29, 1.82) is 0 Å². The maximum atomic E-state index is 13.6. The second kappa shape index (κ2) is 7.06. The van der Waals surface area contributed by atoms with Gasteiger partial charge in [0, 0.05) is 24.6 Å². The predicted octanol–water partition coefficient (Wildman–Crippen LogP) is 2.98. The second-order valence-corrected chi connectivity index (χ2v) is 6.08. The minimum absolute atomic E-state index is 0.219. The number of amides is 2. The molecule has 5 nitrogen and oxygen atoms in total. The van der Waals surface area contributed by atoms with E-state index in [1.807, 2.05) is 0 Å². The Morgan fingerprint density at radius 3 is 2.26 bits per heavy atom. The number of hydrogen-bond acceptors (Lipinski definition) is 3.